The number of rotatable bonds is 7. The first kappa shape index (κ1) is 14.5. The fraction of sp³-hybridized carbons (Fsp3) is 0.467. The summed E-state index contributed by atoms with van der Waals surface area (Å²) in [5.41, 5.74) is 1.11. The Labute approximate surface area is 120 Å². The zero-order valence-electron chi connectivity index (χ0n) is 12.3. The first-order valence-electron chi connectivity index (χ1n) is 6.95. The molecule has 0 bridgehead atoms. The predicted molar refractivity (Wildman–Crippen MR) is 79.2 cm³/mol. The highest BCUT2D eigenvalue weighted by atomic mass is 16.5. The third-order valence-electron chi connectivity index (χ3n) is 3.31. The van der Waals surface area contributed by atoms with E-state index in [0.717, 1.165) is 18.7 Å². The van der Waals surface area contributed by atoms with Crippen LogP contribution in [-0.2, 0) is 0 Å². The molecule has 1 aromatic heterocycles. The minimum Gasteiger partial charge on any atom is -0.461 e. The molecule has 0 amide bonds. The Morgan fingerprint density at radius 3 is 2.70 bits per heavy atom. The summed E-state index contributed by atoms with van der Waals surface area (Å²) in [7, 11) is 0. The van der Waals surface area contributed by atoms with Crippen LogP contribution in [0.4, 0.5) is 0 Å². The van der Waals surface area contributed by atoms with Crippen LogP contribution in [0.15, 0.2) is 36.7 Å². The van der Waals surface area contributed by atoms with Gasteiger partial charge in [0, 0.05) is 12.1 Å². The van der Waals surface area contributed by atoms with Crippen molar-refractivity contribution in [3.8, 4) is 11.7 Å². The Morgan fingerprint density at radius 2 is 2.00 bits per heavy atom. The molecule has 0 saturated heterocycles. The highest BCUT2D eigenvalue weighted by Gasteiger charge is 2.13. The second-order valence-corrected chi connectivity index (χ2v) is 5.32. The molecule has 0 atom stereocenters. The zero-order chi connectivity index (χ0) is 14.4. The molecule has 20 heavy (non-hydrogen) atoms. The largest absolute Gasteiger partial charge is 0.461 e. The van der Waals surface area contributed by atoms with Crippen LogP contribution < -0.4 is 10.1 Å². The normalized spacial score (nSPS) is 11.6. The minimum atomic E-state index is 0.139. The summed E-state index contributed by atoms with van der Waals surface area (Å²) in [6.07, 6.45) is 2.74. The topological polar surface area (TPSA) is 52.0 Å². The van der Waals surface area contributed by atoms with Crippen molar-refractivity contribution in [2.45, 2.75) is 32.7 Å². The van der Waals surface area contributed by atoms with Crippen LogP contribution in [0.25, 0.3) is 5.69 Å². The maximum atomic E-state index is 5.54. The van der Waals surface area contributed by atoms with Gasteiger partial charge in [-0.05, 0) is 32.4 Å². The Balaban J connectivity index is 1.82. The van der Waals surface area contributed by atoms with Crippen LogP contribution in [0.3, 0.4) is 0 Å². The van der Waals surface area contributed by atoms with Crippen molar-refractivity contribution in [2.75, 3.05) is 13.2 Å². The van der Waals surface area contributed by atoms with Crippen molar-refractivity contribution in [1.82, 2.24) is 20.1 Å². The van der Waals surface area contributed by atoms with E-state index in [2.05, 4.69) is 36.2 Å². The third-order valence-corrected chi connectivity index (χ3v) is 3.31. The highest BCUT2D eigenvalue weighted by molar-refractivity contribution is 5.29. The Morgan fingerprint density at radius 1 is 1.25 bits per heavy atom. The van der Waals surface area contributed by atoms with Crippen molar-refractivity contribution < 1.29 is 4.74 Å². The molecule has 0 aliphatic carbocycles. The lowest BCUT2D eigenvalue weighted by Gasteiger charge is -2.24. The van der Waals surface area contributed by atoms with Gasteiger partial charge < -0.3 is 10.1 Å². The molecule has 0 saturated carbocycles. The van der Waals surface area contributed by atoms with E-state index in [0.29, 0.717) is 12.6 Å². The van der Waals surface area contributed by atoms with E-state index in [1.165, 1.54) is 0 Å². The van der Waals surface area contributed by atoms with Crippen molar-refractivity contribution in [2.24, 2.45) is 0 Å². The summed E-state index contributed by atoms with van der Waals surface area (Å²) in [5, 5.41) is 7.72. The number of hydrogen-bond acceptors (Lipinski definition) is 4. The van der Waals surface area contributed by atoms with Crippen LogP contribution in [-0.4, -0.2) is 33.5 Å². The van der Waals surface area contributed by atoms with Crippen molar-refractivity contribution >= 4 is 0 Å². The standard InChI is InChI=1S/C15H22N4O/c1-4-15(2,3)17-10-11-20-14-16-12-19(18-14)13-8-6-5-7-9-13/h5-9,12,17H,4,10-11H2,1-3H3. The maximum Gasteiger partial charge on any atom is 0.335 e. The van der Waals surface area contributed by atoms with Gasteiger partial charge in [0.2, 0.25) is 0 Å². The number of para-hydroxylation sites is 1. The molecule has 2 aromatic rings. The minimum absolute atomic E-state index is 0.139. The molecule has 0 aliphatic heterocycles. The summed E-state index contributed by atoms with van der Waals surface area (Å²) in [6.45, 7) is 7.85. The summed E-state index contributed by atoms with van der Waals surface area (Å²) >= 11 is 0. The Hall–Kier alpha value is -1.88. The summed E-state index contributed by atoms with van der Waals surface area (Å²) < 4.78 is 7.25. The van der Waals surface area contributed by atoms with Gasteiger partial charge >= 0.3 is 6.01 Å². The van der Waals surface area contributed by atoms with Crippen molar-refractivity contribution in [1.29, 1.82) is 0 Å². The second-order valence-electron chi connectivity index (χ2n) is 5.32. The van der Waals surface area contributed by atoms with Crippen LogP contribution >= 0.6 is 0 Å². The summed E-state index contributed by atoms with van der Waals surface area (Å²) in [4.78, 5) is 4.15. The molecular formula is C15H22N4O. The highest BCUT2D eigenvalue weighted by Crippen LogP contribution is 2.08. The molecular weight excluding hydrogens is 252 g/mol. The molecule has 108 valence electrons. The van der Waals surface area contributed by atoms with Gasteiger partial charge in [-0.15, -0.1) is 5.10 Å². The number of hydrogen-bond donors (Lipinski definition) is 1. The Kier molecular flexibility index (Phi) is 4.74. The lowest BCUT2D eigenvalue weighted by atomic mass is 10.0. The molecule has 5 nitrogen and oxygen atoms in total. The summed E-state index contributed by atoms with van der Waals surface area (Å²) in [6, 6.07) is 10.3. The number of nitrogens with zero attached hydrogens (tertiary/aromatic N) is 3. The molecule has 1 heterocycles. The van der Waals surface area contributed by atoms with E-state index in [4.69, 9.17) is 4.74 Å². The fourth-order valence-corrected chi connectivity index (χ4v) is 1.68. The molecule has 0 unspecified atom stereocenters. The lowest BCUT2D eigenvalue weighted by Crippen LogP contribution is -2.40. The van der Waals surface area contributed by atoms with Gasteiger partial charge in [0.15, 0.2) is 0 Å². The molecule has 0 radical (unpaired) electrons. The van der Waals surface area contributed by atoms with Gasteiger partial charge in [0.1, 0.15) is 12.9 Å². The van der Waals surface area contributed by atoms with Gasteiger partial charge in [-0.2, -0.15) is 4.98 Å². The monoisotopic (exact) mass is 274 g/mol. The van der Waals surface area contributed by atoms with Crippen LogP contribution in [0, 0.1) is 0 Å². The number of aromatic nitrogens is 3. The predicted octanol–water partition coefficient (Wildman–Crippen LogP) is 2.42. The van der Waals surface area contributed by atoms with Gasteiger partial charge in [0.25, 0.3) is 0 Å². The second kappa shape index (κ2) is 6.52. The van der Waals surface area contributed by atoms with Gasteiger partial charge in [-0.3, -0.25) is 0 Å². The molecule has 0 spiro atoms. The van der Waals surface area contributed by atoms with E-state index in [-0.39, 0.29) is 5.54 Å². The first-order valence-corrected chi connectivity index (χ1v) is 6.95. The smallest absolute Gasteiger partial charge is 0.335 e. The molecule has 1 N–H and O–H groups in total. The van der Waals surface area contributed by atoms with Crippen molar-refractivity contribution in [3.05, 3.63) is 36.7 Å². The van der Waals surface area contributed by atoms with Crippen molar-refractivity contribution in [3.63, 3.8) is 0 Å². The van der Waals surface area contributed by atoms with Gasteiger partial charge in [-0.25, -0.2) is 4.68 Å². The zero-order valence-corrected chi connectivity index (χ0v) is 12.3. The van der Waals surface area contributed by atoms with Gasteiger partial charge in [-0.1, -0.05) is 25.1 Å². The maximum absolute atomic E-state index is 5.54. The molecule has 0 aliphatic rings. The first-order chi connectivity index (χ1) is 9.61. The summed E-state index contributed by atoms with van der Waals surface area (Å²) in [5.74, 6) is 0. The average molecular weight is 274 g/mol. The Bertz CT molecular complexity index is 522. The quantitative estimate of drug-likeness (QED) is 0.788. The lowest BCUT2D eigenvalue weighted by molar-refractivity contribution is 0.264. The number of nitrogens with one attached hydrogen (secondary N) is 1. The molecule has 5 heteroatoms. The molecule has 0 fully saturated rings. The van der Waals surface area contributed by atoms with Crippen LogP contribution in [0.5, 0.6) is 6.01 Å². The molecule has 1 aromatic carbocycles. The van der Waals surface area contributed by atoms with E-state index in [1.807, 2.05) is 30.3 Å². The number of benzene rings is 1. The van der Waals surface area contributed by atoms with E-state index in [9.17, 15) is 0 Å². The van der Waals surface area contributed by atoms with E-state index < -0.39 is 0 Å². The fourth-order valence-electron chi connectivity index (χ4n) is 1.68. The van der Waals surface area contributed by atoms with E-state index in [1.54, 1.807) is 11.0 Å². The van der Waals surface area contributed by atoms with Crippen LogP contribution in [0.2, 0.25) is 0 Å². The SMILES string of the molecule is CCC(C)(C)NCCOc1ncn(-c2ccccc2)n1. The third kappa shape index (κ3) is 4.06. The van der Waals surface area contributed by atoms with Gasteiger partial charge in [0.05, 0.1) is 5.69 Å². The number of ether oxygens (including phenoxy) is 1. The van der Waals surface area contributed by atoms with Crippen LogP contribution in [0.1, 0.15) is 27.2 Å². The molecule has 2 rings (SSSR count). The average Bonchev–Trinajstić information content (AvgIpc) is 2.93. The van der Waals surface area contributed by atoms with E-state index >= 15 is 0 Å².